The highest BCUT2D eigenvalue weighted by atomic mass is 79.9. The molecule has 0 heterocycles. The van der Waals surface area contributed by atoms with Crippen LogP contribution in [0.25, 0.3) is 0 Å². The molecule has 0 amide bonds. The highest BCUT2D eigenvalue weighted by Gasteiger charge is 2.34. The molecule has 1 aliphatic rings. The maximum Gasteiger partial charge on any atom is 0.240 e. The van der Waals surface area contributed by atoms with Gasteiger partial charge in [0.2, 0.25) is 10.0 Å². The molecule has 0 spiro atoms. The van der Waals surface area contributed by atoms with Crippen molar-refractivity contribution in [1.29, 1.82) is 0 Å². The molecule has 20 heavy (non-hydrogen) atoms. The van der Waals surface area contributed by atoms with Gasteiger partial charge in [-0.2, -0.15) is 11.8 Å². The van der Waals surface area contributed by atoms with Gasteiger partial charge in [0.15, 0.2) is 0 Å². The minimum Gasteiger partial charge on any atom is -0.210 e. The van der Waals surface area contributed by atoms with Crippen LogP contribution >= 0.6 is 39.3 Å². The van der Waals surface area contributed by atoms with Crippen LogP contribution in [-0.4, -0.2) is 26.0 Å². The van der Waals surface area contributed by atoms with Crippen molar-refractivity contribution in [3.05, 3.63) is 27.7 Å². The van der Waals surface area contributed by atoms with Crippen molar-refractivity contribution in [3.63, 3.8) is 0 Å². The van der Waals surface area contributed by atoms with Gasteiger partial charge < -0.3 is 0 Å². The van der Waals surface area contributed by atoms with Crippen molar-refractivity contribution in [2.24, 2.45) is 0 Å². The lowest BCUT2D eigenvalue weighted by Gasteiger charge is -2.26. The van der Waals surface area contributed by atoms with Gasteiger partial charge in [-0.05, 0) is 53.2 Å². The second kappa shape index (κ2) is 6.57. The number of hydrogen-bond donors (Lipinski definition) is 1. The zero-order valence-corrected chi connectivity index (χ0v) is 15.1. The third-order valence-corrected chi connectivity index (χ3v) is 7.76. The van der Waals surface area contributed by atoms with E-state index in [1.54, 1.807) is 17.8 Å². The first-order chi connectivity index (χ1) is 9.38. The average molecular weight is 399 g/mol. The van der Waals surface area contributed by atoms with Gasteiger partial charge in [0.25, 0.3) is 0 Å². The van der Waals surface area contributed by atoms with Crippen LogP contribution in [0.15, 0.2) is 27.6 Å². The Balaban J connectivity index is 2.13. The Morgan fingerprint density at radius 2 is 2.05 bits per heavy atom. The lowest BCUT2D eigenvalue weighted by Crippen LogP contribution is -2.38. The summed E-state index contributed by atoms with van der Waals surface area (Å²) in [6, 6.07) is 4.64. The summed E-state index contributed by atoms with van der Waals surface area (Å²) in [6.07, 6.45) is 6.55. The van der Waals surface area contributed by atoms with Gasteiger partial charge in [0.1, 0.15) is 0 Å². The summed E-state index contributed by atoms with van der Waals surface area (Å²) < 4.78 is 28.0. The lowest BCUT2D eigenvalue weighted by molar-refractivity contribution is 0.551. The predicted octanol–water partition coefficient (Wildman–Crippen LogP) is 4.06. The number of thioether (sulfide) groups is 1. The monoisotopic (exact) mass is 397 g/mol. The van der Waals surface area contributed by atoms with Crippen molar-refractivity contribution in [1.82, 2.24) is 4.72 Å². The van der Waals surface area contributed by atoms with E-state index in [9.17, 15) is 8.42 Å². The van der Waals surface area contributed by atoms with Gasteiger partial charge in [0.05, 0.1) is 9.92 Å². The van der Waals surface area contributed by atoms with Crippen LogP contribution in [0.2, 0.25) is 5.02 Å². The van der Waals surface area contributed by atoms with Crippen LogP contribution in [0, 0.1) is 0 Å². The number of hydrogen-bond acceptors (Lipinski definition) is 3. The van der Waals surface area contributed by atoms with E-state index < -0.39 is 10.0 Å². The Bertz CT molecular complexity index is 586. The van der Waals surface area contributed by atoms with Gasteiger partial charge in [-0.15, -0.1) is 0 Å². The Hall–Kier alpha value is 0.250. The maximum absolute atomic E-state index is 12.3. The van der Waals surface area contributed by atoms with E-state index in [4.69, 9.17) is 11.6 Å². The predicted molar refractivity (Wildman–Crippen MR) is 89.1 cm³/mol. The Morgan fingerprint density at radius 1 is 1.40 bits per heavy atom. The molecule has 3 nitrogen and oxygen atoms in total. The summed E-state index contributed by atoms with van der Waals surface area (Å²) in [5, 5.41) is 0.500. The normalized spacial score (nSPS) is 18.4. The zero-order chi connectivity index (χ0) is 14.8. The third-order valence-electron chi connectivity index (χ3n) is 3.73. The van der Waals surface area contributed by atoms with Crippen molar-refractivity contribution in [2.75, 3.05) is 12.8 Å². The molecule has 2 rings (SSSR count). The van der Waals surface area contributed by atoms with E-state index in [0.717, 1.165) is 12.8 Å². The molecule has 1 aromatic rings. The van der Waals surface area contributed by atoms with E-state index in [-0.39, 0.29) is 9.64 Å². The SMILES string of the molecule is CSC1(CNS(=O)(=O)c2ccc(Cl)c(Br)c2)CCCC1. The Labute approximate surface area is 138 Å². The third kappa shape index (κ3) is 3.71. The number of benzene rings is 1. The molecule has 1 saturated carbocycles. The van der Waals surface area contributed by atoms with Gasteiger partial charge in [-0.25, -0.2) is 13.1 Å². The number of rotatable bonds is 5. The first-order valence-electron chi connectivity index (χ1n) is 6.38. The van der Waals surface area contributed by atoms with Crippen LogP contribution < -0.4 is 4.72 Å². The standard InChI is InChI=1S/C13H17BrClNO2S2/c1-19-13(6-2-3-7-13)9-16-20(17,18)10-4-5-12(15)11(14)8-10/h4-5,8,16H,2-3,6-7,9H2,1H3. The second-order valence-electron chi connectivity index (χ2n) is 4.99. The van der Waals surface area contributed by atoms with Crippen LogP contribution in [0.5, 0.6) is 0 Å². The molecular weight excluding hydrogens is 382 g/mol. The highest BCUT2D eigenvalue weighted by Crippen LogP contribution is 2.39. The van der Waals surface area contributed by atoms with Gasteiger partial charge >= 0.3 is 0 Å². The molecule has 0 saturated heterocycles. The quantitative estimate of drug-likeness (QED) is 0.813. The topological polar surface area (TPSA) is 46.2 Å². The maximum atomic E-state index is 12.3. The smallest absolute Gasteiger partial charge is 0.210 e. The van der Waals surface area contributed by atoms with E-state index in [1.807, 2.05) is 0 Å². The number of nitrogens with one attached hydrogen (secondary N) is 1. The first kappa shape index (κ1) is 16.6. The Kier molecular flexibility index (Phi) is 5.46. The molecule has 1 fully saturated rings. The fourth-order valence-corrected chi connectivity index (χ4v) is 5.23. The van der Waals surface area contributed by atoms with Crippen LogP contribution in [0.4, 0.5) is 0 Å². The molecule has 112 valence electrons. The van der Waals surface area contributed by atoms with E-state index in [1.165, 1.54) is 25.0 Å². The minimum atomic E-state index is -3.49. The average Bonchev–Trinajstić information content (AvgIpc) is 2.89. The van der Waals surface area contributed by atoms with Crippen LogP contribution in [-0.2, 0) is 10.0 Å². The Morgan fingerprint density at radius 3 is 2.60 bits per heavy atom. The van der Waals surface area contributed by atoms with Crippen molar-refractivity contribution >= 4 is 49.3 Å². The molecule has 0 aliphatic heterocycles. The fraction of sp³-hybridized carbons (Fsp3) is 0.538. The van der Waals surface area contributed by atoms with Gasteiger partial charge in [-0.1, -0.05) is 24.4 Å². The first-order valence-corrected chi connectivity index (χ1v) is 10.3. The van der Waals surface area contributed by atoms with Crippen molar-refractivity contribution < 1.29 is 8.42 Å². The molecule has 1 N–H and O–H groups in total. The number of sulfonamides is 1. The minimum absolute atomic E-state index is 0.0523. The fourth-order valence-electron chi connectivity index (χ4n) is 2.43. The van der Waals surface area contributed by atoms with Crippen LogP contribution in [0.1, 0.15) is 25.7 Å². The molecule has 0 bridgehead atoms. The number of halogens is 2. The summed E-state index contributed by atoms with van der Waals surface area (Å²) in [4.78, 5) is 0.239. The highest BCUT2D eigenvalue weighted by molar-refractivity contribution is 9.10. The van der Waals surface area contributed by atoms with Crippen molar-refractivity contribution in [2.45, 2.75) is 35.3 Å². The van der Waals surface area contributed by atoms with E-state index >= 15 is 0 Å². The molecule has 0 atom stereocenters. The molecule has 7 heteroatoms. The molecular formula is C13H17BrClNO2S2. The summed E-state index contributed by atoms with van der Waals surface area (Å²) in [5.41, 5.74) is 0. The summed E-state index contributed by atoms with van der Waals surface area (Å²) in [6.45, 7) is 0.483. The van der Waals surface area contributed by atoms with Gasteiger partial charge in [-0.3, -0.25) is 0 Å². The van der Waals surface area contributed by atoms with E-state index in [2.05, 4.69) is 26.9 Å². The molecule has 1 aromatic carbocycles. The van der Waals surface area contributed by atoms with Crippen molar-refractivity contribution in [3.8, 4) is 0 Å². The molecule has 1 aliphatic carbocycles. The van der Waals surface area contributed by atoms with Crippen LogP contribution in [0.3, 0.4) is 0 Å². The summed E-state index contributed by atoms with van der Waals surface area (Å²) in [5.74, 6) is 0. The molecule has 0 unspecified atom stereocenters. The lowest BCUT2D eigenvalue weighted by atomic mass is 10.1. The zero-order valence-electron chi connectivity index (χ0n) is 11.2. The van der Waals surface area contributed by atoms with E-state index in [0.29, 0.717) is 16.0 Å². The summed E-state index contributed by atoms with van der Waals surface area (Å²) in [7, 11) is -3.49. The largest absolute Gasteiger partial charge is 0.240 e. The molecule has 0 aromatic heterocycles. The van der Waals surface area contributed by atoms with Gasteiger partial charge in [0, 0.05) is 15.8 Å². The second-order valence-corrected chi connectivity index (χ2v) is 9.30. The summed E-state index contributed by atoms with van der Waals surface area (Å²) >= 11 is 10.9. The molecule has 0 radical (unpaired) electrons.